The second-order valence-electron chi connectivity index (χ2n) is 6.14. The van der Waals surface area contributed by atoms with E-state index in [0.29, 0.717) is 12.3 Å². The van der Waals surface area contributed by atoms with E-state index in [1.54, 1.807) is 17.0 Å². The lowest BCUT2D eigenvalue weighted by molar-refractivity contribution is -0.117. The number of hydrogen-bond acceptors (Lipinski definition) is 3. The van der Waals surface area contributed by atoms with E-state index in [0.717, 1.165) is 42.6 Å². The van der Waals surface area contributed by atoms with Gasteiger partial charge in [0.15, 0.2) is 5.76 Å². The molecule has 0 spiro atoms. The van der Waals surface area contributed by atoms with Crippen LogP contribution in [0.4, 0.5) is 11.4 Å². The van der Waals surface area contributed by atoms with Crippen LogP contribution in [0.25, 0.3) is 0 Å². The molecule has 2 aliphatic rings. The Bertz CT molecular complexity index is 748. The molecular weight excluding hydrogens is 292 g/mol. The van der Waals surface area contributed by atoms with Crippen LogP contribution in [0.15, 0.2) is 41.0 Å². The van der Waals surface area contributed by atoms with E-state index in [4.69, 9.17) is 4.42 Å². The first-order chi connectivity index (χ1) is 11.2. The summed E-state index contributed by atoms with van der Waals surface area (Å²) in [6.45, 7) is 0.681. The summed E-state index contributed by atoms with van der Waals surface area (Å²) in [6, 6.07) is 9.16. The first-order valence-electron chi connectivity index (χ1n) is 8.01. The van der Waals surface area contributed by atoms with Gasteiger partial charge in [0, 0.05) is 23.8 Å². The number of nitrogens with zero attached hydrogens (tertiary/aromatic N) is 1. The number of carbonyl (C=O) groups excluding carboxylic acids is 2. The molecular formula is C18H18N2O3. The van der Waals surface area contributed by atoms with Gasteiger partial charge in [0.1, 0.15) is 0 Å². The van der Waals surface area contributed by atoms with Crippen molar-refractivity contribution in [3.05, 3.63) is 47.9 Å². The molecule has 0 atom stereocenters. The smallest absolute Gasteiger partial charge is 0.293 e. The molecule has 118 valence electrons. The van der Waals surface area contributed by atoms with E-state index in [2.05, 4.69) is 5.32 Å². The Morgan fingerprint density at radius 3 is 2.83 bits per heavy atom. The average Bonchev–Trinajstić information content (AvgIpc) is 3.28. The maximum Gasteiger partial charge on any atom is 0.293 e. The van der Waals surface area contributed by atoms with Crippen molar-refractivity contribution in [1.29, 1.82) is 0 Å². The van der Waals surface area contributed by atoms with E-state index in [9.17, 15) is 9.59 Å². The average molecular weight is 310 g/mol. The van der Waals surface area contributed by atoms with Crippen LogP contribution in [0.3, 0.4) is 0 Å². The highest BCUT2D eigenvalue weighted by Crippen LogP contribution is 2.33. The molecule has 5 nitrogen and oxygen atoms in total. The van der Waals surface area contributed by atoms with Crippen LogP contribution in [0.5, 0.6) is 0 Å². The van der Waals surface area contributed by atoms with Crippen molar-refractivity contribution in [2.75, 3.05) is 16.8 Å². The van der Waals surface area contributed by atoms with Crippen LogP contribution in [-0.4, -0.2) is 18.4 Å². The van der Waals surface area contributed by atoms with Gasteiger partial charge in [-0.3, -0.25) is 9.59 Å². The van der Waals surface area contributed by atoms with Crippen LogP contribution in [0, 0.1) is 5.92 Å². The molecule has 1 aliphatic carbocycles. The molecule has 1 aliphatic heterocycles. The van der Waals surface area contributed by atoms with Crippen molar-refractivity contribution in [3.63, 3.8) is 0 Å². The van der Waals surface area contributed by atoms with E-state index >= 15 is 0 Å². The predicted octanol–water partition coefficient (Wildman–Crippen LogP) is 3.22. The number of hydrogen-bond donors (Lipinski definition) is 1. The number of fused-ring (bicyclic) bond motifs is 1. The highest BCUT2D eigenvalue weighted by molar-refractivity contribution is 6.05. The number of aryl methyl sites for hydroxylation is 1. The molecule has 1 aromatic heterocycles. The minimum Gasteiger partial charge on any atom is -0.459 e. The molecule has 4 rings (SSSR count). The third-order valence-corrected chi connectivity index (χ3v) is 4.39. The van der Waals surface area contributed by atoms with Gasteiger partial charge in [0.05, 0.1) is 6.26 Å². The van der Waals surface area contributed by atoms with E-state index < -0.39 is 0 Å². The lowest BCUT2D eigenvalue weighted by atomic mass is 10.0. The molecule has 0 bridgehead atoms. The number of anilines is 2. The molecule has 1 aromatic carbocycles. The van der Waals surface area contributed by atoms with Crippen LogP contribution < -0.4 is 10.2 Å². The molecule has 0 radical (unpaired) electrons. The SMILES string of the molecule is O=C(Nc1ccc2c(c1)CCCN2C(=O)c1ccco1)C1CC1. The Morgan fingerprint density at radius 1 is 1.22 bits per heavy atom. The molecule has 1 fully saturated rings. The maximum atomic E-state index is 12.5. The molecule has 2 aromatic rings. The first-order valence-corrected chi connectivity index (χ1v) is 8.01. The van der Waals surface area contributed by atoms with Gasteiger partial charge >= 0.3 is 0 Å². The number of carbonyl (C=O) groups is 2. The Morgan fingerprint density at radius 2 is 2.09 bits per heavy atom. The molecule has 2 heterocycles. The van der Waals surface area contributed by atoms with Gasteiger partial charge in [0.2, 0.25) is 5.91 Å². The number of benzene rings is 1. The van der Waals surface area contributed by atoms with Gasteiger partial charge in [-0.15, -0.1) is 0 Å². The van der Waals surface area contributed by atoms with Crippen molar-refractivity contribution in [2.45, 2.75) is 25.7 Å². The minimum absolute atomic E-state index is 0.101. The molecule has 0 saturated heterocycles. The first kappa shape index (κ1) is 14.1. The van der Waals surface area contributed by atoms with Crippen LogP contribution in [-0.2, 0) is 11.2 Å². The summed E-state index contributed by atoms with van der Waals surface area (Å²) in [5, 5.41) is 2.96. The summed E-state index contributed by atoms with van der Waals surface area (Å²) in [6.07, 6.45) is 5.29. The Labute approximate surface area is 134 Å². The lowest BCUT2D eigenvalue weighted by Crippen LogP contribution is -2.35. The standard InChI is InChI=1S/C18H18N2O3/c21-17(12-5-6-12)19-14-7-8-15-13(11-14)3-1-9-20(15)18(22)16-4-2-10-23-16/h2,4,7-8,10-12H,1,3,5-6,9H2,(H,19,21). The summed E-state index contributed by atoms with van der Waals surface area (Å²) in [4.78, 5) is 26.2. The third-order valence-electron chi connectivity index (χ3n) is 4.39. The summed E-state index contributed by atoms with van der Waals surface area (Å²) in [5.74, 6) is 0.516. The second-order valence-corrected chi connectivity index (χ2v) is 6.14. The Kier molecular flexibility index (Phi) is 3.41. The lowest BCUT2D eigenvalue weighted by Gasteiger charge is -2.29. The molecule has 1 saturated carbocycles. The van der Waals surface area contributed by atoms with E-state index in [1.807, 2.05) is 18.2 Å². The monoisotopic (exact) mass is 310 g/mol. The van der Waals surface area contributed by atoms with Crippen molar-refractivity contribution < 1.29 is 14.0 Å². The molecule has 23 heavy (non-hydrogen) atoms. The Hall–Kier alpha value is -2.56. The number of rotatable bonds is 3. The topological polar surface area (TPSA) is 62.6 Å². The van der Waals surface area contributed by atoms with Crippen molar-refractivity contribution in [1.82, 2.24) is 0 Å². The number of furan rings is 1. The summed E-state index contributed by atoms with van der Waals surface area (Å²) in [5.41, 5.74) is 2.81. The van der Waals surface area contributed by atoms with E-state index in [1.165, 1.54) is 6.26 Å². The fourth-order valence-corrected chi connectivity index (χ4v) is 3.01. The van der Waals surface area contributed by atoms with Crippen LogP contribution in [0.2, 0.25) is 0 Å². The van der Waals surface area contributed by atoms with Crippen molar-refractivity contribution in [2.24, 2.45) is 5.92 Å². The van der Waals surface area contributed by atoms with Gasteiger partial charge in [-0.2, -0.15) is 0 Å². The van der Waals surface area contributed by atoms with Gasteiger partial charge in [-0.25, -0.2) is 0 Å². The van der Waals surface area contributed by atoms with Gasteiger partial charge in [-0.1, -0.05) is 0 Å². The summed E-state index contributed by atoms with van der Waals surface area (Å²) in [7, 11) is 0. The Balaban J connectivity index is 1.58. The molecule has 5 heteroatoms. The van der Waals surface area contributed by atoms with Crippen molar-refractivity contribution in [3.8, 4) is 0 Å². The largest absolute Gasteiger partial charge is 0.459 e. The normalized spacial score (nSPS) is 16.8. The zero-order valence-corrected chi connectivity index (χ0v) is 12.7. The zero-order valence-electron chi connectivity index (χ0n) is 12.7. The van der Waals surface area contributed by atoms with Gasteiger partial charge in [-0.05, 0) is 61.6 Å². The van der Waals surface area contributed by atoms with Crippen molar-refractivity contribution >= 4 is 23.2 Å². The quantitative estimate of drug-likeness (QED) is 0.946. The number of nitrogens with one attached hydrogen (secondary N) is 1. The second kappa shape index (κ2) is 5.57. The number of amides is 2. The fourth-order valence-electron chi connectivity index (χ4n) is 3.01. The molecule has 1 N–H and O–H groups in total. The zero-order chi connectivity index (χ0) is 15.8. The molecule has 2 amide bonds. The third kappa shape index (κ3) is 2.74. The van der Waals surface area contributed by atoms with Gasteiger partial charge in [0.25, 0.3) is 5.91 Å². The maximum absolute atomic E-state index is 12.5. The highest BCUT2D eigenvalue weighted by atomic mass is 16.3. The molecule has 0 unspecified atom stereocenters. The highest BCUT2D eigenvalue weighted by Gasteiger charge is 2.30. The fraction of sp³-hybridized carbons (Fsp3) is 0.333. The predicted molar refractivity (Wildman–Crippen MR) is 86.5 cm³/mol. The van der Waals surface area contributed by atoms with Crippen LogP contribution >= 0.6 is 0 Å². The van der Waals surface area contributed by atoms with Crippen LogP contribution in [0.1, 0.15) is 35.4 Å². The van der Waals surface area contributed by atoms with Gasteiger partial charge < -0.3 is 14.6 Å². The summed E-state index contributed by atoms with van der Waals surface area (Å²) < 4.78 is 5.22. The minimum atomic E-state index is -0.120. The van der Waals surface area contributed by atoms with E-state index in [-0.39, 0.29) is 17.7 Å². The summed E-state index contributed by atoms with van der Waals surface area (Å²) >= 11 is 0.